The molecule has 0 unspecified atom stereocenters. The van der Waals surface area contributed by atoms with Gasteiger partial charge in [0, 0.05) is 68.8 Å². The van der Waals surface area contributed by atoms with Crippen LogP contribution in [-0.4, -0.2) is 56.7 Å². The molecule has 3 aliphatic rings. The van der Waals surface area contributed by atoms with Crippen LogP contribution in [0.5, 0.6) is 0 Å². The second-order valence-corrected chi connectivity index (χ2v) is 9.71. The molecule has 0 aliphatic carbocycles. The number of hydrogen-bond donors (Lipinski definition) is 0. The molecule has 5 heterocycles. The van der Waals surface area contributed by atoms with Crippen LogP contribution in [0.4, 0.5) is 24.7 Å². The summed E-state index contributed by atoms with van der Waals surface area (Å²) in [5.41, 5.74) is 3.79. The second kappa shape index (κ2) is 8.36. The van der Waals surface area contributed by atoms with Gasteiger partial charge in [0.1, 0.15) is 0 Å². The van der Waals surface area contributed by atoms with Crippen molar-refractivity contribution in [3.05, 3.63) is 46.9 Å². The number of amides is 1. The fourth-order valence-corrected chi connectivity index (χ4v) is 5.63. The summed E-state index contributed by atoms with van der Waals surface area (Å²) in [5, 5.41) is 8.69. The lowest BCUT2D eigenvalue weighted by Crippen LogP contribution is -2.35. The molecule has 6 rings (SSSR count). The third-order valence-electron chi connectivity index (χ3n) is 7.40. The molecular formula is C25H27F3N6O2. The standard InChI is InChI=1S/C25H27F3N6O2/c1-15(35)32-8-6-22-20(13-32)24(30-34(22)18-7-10-36-14-18)33-9-5-17-11-16(3-4-21(17)33)19-12-31(2)29-23(19)25(26,27)28/h3-4,11-12,18H,5-10,13-14H2,1-2H3/t18-/m1/s1. The SMILES string of the molecule is CC(=O)N1CCc2c(c(N3CCc4cc(-c5cn(C)nc5C(F)(F)F)ccc43)nn2[C@@H]2CCOC2)C1. The van der Waals surface area contributed by atoms with E-state index in [4.69, 9.17) is 9.84 Å². The predicted octanol–water partition coefficient (Wildman–Crippen LogP) is 3.86. The Morgan fingerprint density at radius 3 is 2.72 bits per heavy atom. The molecular weight excluding hydrogens is 473 g/mol. The molecule has 8 nitrogen and oxygen atoms in total. The van der Waals surface area contributed by atoms with Crippen LogP contribution in [0.25, 0.3) is 11.1 Å². The van der Waals surface area contributed by atoms with Crippen molar-refractivity contribution >= 4 is 17.4 Å². The maximum absolute atomic E-state index is 13.6. The van der Waals surface area contributed by atoms with Crippen molar-refractivity contribution in [1.29, 1.82) is 0 Å². The molecule has 0 spiro atoms. The predicted molar refractivity (Wildman–Crippen MR) is 126 cm³/mol. The van der Waals surface area contributed by atoms with Crippen molar-refractivity contribution in [2.24, 2.45) is 7.05 Å². The van der Waals surface area contributed by atoms with Crippen molar-refractivity contribution in [1.82, 2.24) is 24.5 Å². The minimum Gasteiger partial charge on any atom is -0.379 e. The number of halogens is 3. The zero-order valence-corrected chi connectivity index (χ0v) is 20.2. The van der Waals surface area contributed by atoms with Crippen LogP contribution < -0.4 is 4.90 Å². The number of anilines is 2. The van der Waals surface area contributed by atoms with E-state index in [2.05, 4.69) is 14.7 Å². The van der Waals surface area contributed by atoms with Gasteiger partial charge in [-0.3, -0.25) is 14.2 Å². The first kappa shape index (κ1) is 23.1. The molecule has 190 valence electrons. The van der Waals surface area contributed by atoms with E-state index >= 15 is 0 Å². The van der Waals surface area contributed by atoms with Crippen molar-refractivity contribution in [2.75, 3.05) is 31.2 Å². The minimum absolute atomic E-state index is 0.0342. The number of ether oxygens (including phenoxy) is 1. The zero-order valence-electron chi connectivity index (χ0n) is 20.2. The summed E-state index contributed by atoms with van der Waals surface area (Å²) >= 11 is 0. The third kappa shape index (κ3) is 3.76. The molecule has 36 heavy (non-hydrogen) atoms. The Bertz CT molecular complexity index is 1340. The lowest BCUT2D eigenvalue weighted by molar-refractivity contribution is -0.141. The highest BCUT2D eigenvalue weighted by Gasteiger charge is 2.38. The molecule has 0 saturated carbocycles. The molecule has 0 N–H and O–H groups in total. The first-order valence-electron chi connectivity index (χ1n) is 12.2. The van der Waals surface area contributed by atoms with E-state index in [9.17, 15) is 18.0 Å². The monoisotopic (exact) mass is 500 g/mol. The Kier molecular flexibility index (Phi) is 5.36. The molecule has 1 amide bonds. The average Bonchev–Trinajstić information content (AvgIpc) is 3.62. The van der Waals surface area contributed by atoms with Gasteiger partial charge in [0.15, 0.2) is 11.5 Å². The number of fused-ring (bicyclic) bond motifs is 2. The Hall–Kier alpha value is -3.34. The van der Waals surface area contributed by atoms with Gasteiger partial charge in [-0.2, -0.15) is 23.4 Å². The van der Waals surface area contributed by atoms with Crippen molar-refractivity contribution in [3.63, 3.8) is 0 Å². The number of carbonyl (C=O) groups excluding carboxylic acids is 1. The summed E-state index contributed by atoms with van der Waals surface area (Å²) in [6.07, 6.45) is -0.791. The van der Waals surface area contributed by atoms with E-state index in [1.165, 1.54) is 17.9 Å². The van der Waals surface area contributed by atoms with Crippen LogP contribution in [0.1, 0.15) is 41.9 Å². The molecule has 2 aromatic heterocycles. The Labute approximate surface area is 206 Å². The number of hydrogen-bond acceptors (Lipinski definition) is 5. The van der Waals surface area contributed by atoms with Crippen molar-refractivity contribution in [3.8, 4) is 11.1 Å². The lowest BCUT2D eigenvalue weighted by atomic mass is 10.0. The Balaban J connectivity index is 1.39. The van der Waals surface area contributed by atoms with Crippen molar-refractivity contribution in [2.45, 2.75) is 44.9 Å². The molecule has 0 bridgehead atoms. The first-order chi connectivity index (χ1) is 17.2. The Morgan fingerprint density at radius 2 is 2.00 bits per heavy atom. The van der Waals surface area contributed by atoms with E-state index < -0.39 is 11.9 Å². The summed E-state index contributed by atoms with van der Waals surface area (Å²) in [7, 11) is 1.49. The van der Waals surface area contributed by atoms with Gasteiger partial charge in [0.05, 0.1) is 19.2 Å². The number of aromatic nitrogens is 4. The van der Waals surface area contributed by atoms with Crippen LogP contribution in [0.15, 0.2) is 24.4 Å². The highest BCUT2D eigenvalue weighted by molar-refractivity contribution is 5.77. The van der Waals surface area contributed by atoms with Gasteiger partial charge in [-0.05, 0) is 36.1 Å². The number of carbonyl (C=O) groups is 1. The fourth-order valence-electron chi connectivity index (χ4n) is 5.63. The number of alkyl halides is 3. The third-order valence-corrected chi connectivity index (χ3v) is 7.40. The summed E-state index contributed by atoms with van der Waals surface area (Å²) in [6.45, 7) is 4.74. The molecule has 1 fully saturated rings. The topological polar surface area (TPSA) is 68.4 Å². The molecule has 0 radical (unpaired) electrons. The molecule has 3 aromatic rings. The largest absolute Gasteiger partial charge is 0.435 e. The van der Waals surface area contributed by atoms with Gasteiger partial charge >= 0.3 is 6.18 Å². The zero-order chi connectivity index (χ0) is 25.2. The maximum Gasteiger partial charge on any atom is 0.435 e. The summed E-state index contributed by atoms with van der Waals surface area (Å²) < 4.78 is 49.6. The van der Waals surface area contributed by atoms with Gasteiger partial charge in [-0.15, -0.1) is 0 Å². The number of rotatable bonds is 3. The highest BCUT2D eigenvalue weighted by Crippen LogP contribution is 2.42. The van der Waals surface area contributed by atoms with Crippen LogP contribution in [0.3, 0.4) is 0 Å². The quantitative estimate of drug-likeness (QED) is 0.547. The number of aryl methyl sites for hydroxylation is 1. The number of nitrogens with zero attached hydrogens (tertiary/aromatic N) is 6. The van der Waals surface area contributed by atoms with E-state index in [-0.39, 0.29) is 17.5 Å². The first-order valence-corrected chi connectivity index (χ1v) is 12.2. The van der Waals surface area contributed by atoms with Crippen LogP contribution >= 0.6 is 0 Å². The molecule has 1 aromatic carbocycles. The summed E-state index contributed by atoms with van der Waals surface area (Å²) in [6, 6.07) is 5.60. The normalized spacial score (nSPS) is 19.6. The number of benzene rings is 1. The fraction of sp³-hybridized carbons (Fsp3) is 0.480. The molecule has 1 saturated heterocycles. The lowest BCUT2D eigenvalue weighted by Gasteiger charge is -2.28. The molecule has 3 aliphatic heterocycles. The van der Waals surface area contributed by atoms with Crippen LogP contribution in [0.2, 0.25) is 0 Å². The maximum atomic E-state index is 13.6. The Morgan fingerprint density at radius 1 is 1.17 bits per heavy atom. The van der Waals surface area contributed by atoms with Gasteiger partial charge in [0.25, 0.3) is 0 Å². The second-order valence-electron chi connectivity index (χ2n) is 9.71. The van der Waals surface area contributed by atoms with Gasteiger partial charge in [0.2, 0.25) is 5.91 Å². The average molecular weight is 501 g/mol. The van der Waals surface area contributed by atoms with E-state index in [0.717, 1.165) is 41.2 Å². The van der Waals surface area contributed by atoms with Gasteiger partial charge in [-0.1, -0.05) is 6.07 Å². The molecule has 11 heteroatoms. The van der Waals surface area contributed by atoms with Gasteiger partial charge in [-0.25, -0.2) is 0 Å². The van der Waals surface area contributed by atoms with Crippen molar-refractivity contribution < 1.29 is 22.7 Å². The summed E-state index contributed by atoms with van der Waals surface area (Å²) in [4.78, 5) is 16.1. The van der Waals surface area contributed by atoms with Crippen LogP contribution in [-0.2, 0) is 42.1 Å². The van der Waals surface area contributed by atoms with E-state index in [0.29, 0.717) is 44.8 Å². The van der Waals surface area contributed by atoms with Crippen LogP contribution in [0, 0.1) is 0 Å². The summed E-state index contributed by atoms with van der Waals surface area (Å²) in [5.74, 6) is 0.860. The van der Waals surface area contributed by atoms with E-state index in [1.807, 2.05) is 17.0 Å². The minimum atomic E-state index is -4.53. The van der Waals surface area contributed by atoms with Gasteiger partial charge < -0.3 is 14.5 Å². The molecule has 1 atom stereocenters. The highest BCUT2D eigenvalue weighted by atomic mass is 19.4. The smallest absolute Gasteiger partial charge is 0.379 e. The van der Waals surface area contributed by atoms with E-state index in [1.54, 1.807) is 13.0 Å².